The van der Waals surface area contributed by atoms with Crippen LogP contribution in [-0.2, 0) is 26.0 Å². The van der Waals surface area contributed by atoms with Crippen LogP contribution in [0.15, 0.2) is 45.3 Å². The first-order chi connectivity index (χ1) is 16.9. The number of morpholine rings is 1. The van der Waals surface area contributed by atoms with E-state index in [2.05, 4.69) is 40.0 Å². The van der Waals surface area contributed by atoms with Crippen LogP contribution in [0.2, 0.25) is 0 Å². The topological polar surface area (TPSA) is 97.5 Å². The third-order valence-corrected chi connectivity index (χ3v) is 9.39. The molecule has 11 heteroatoms. The monoisotopic (exact) mass is 517 g/mol. The normalized spacial score (nSPS) is 22.9. The number of aryl methyl sites for hydroxylation is 1. The molecule has 5 rings (SSSR count). The van der Waals surface area contributed by atoms with Gasteiger partial charge in [0.1, 0.15) is 0 Å². The molecule has 0 bridgehead atoms. The molecule has 1 aromatic carbocycles. The quantitative estimate of drug-likeness (QED) is 0.633. The number of benzene rings is 1. The second-order valence-corrected chi connectivity index (χ2v) is 11.8. The zero-order valence-electron chi connectivity index (χ0n) is 20.1. The summed E-state index contributed by atoms with van der Waals surface area (Å²) in [7, 11) is -3.51. The van der Waals surface area contributed by atoms with E-state index in [9.17, 15) is 8.42 Å². The van der Waals surface area contributed by atoms with Gasteiger partial charge in [0.2, 0.25) is 10.0 Å². The molecule has 0 saturated carbocycles. The van der Waals surface area contributed by atoms with Crippen LogP contribution in [0.4, 0.5) is 5.69 Å². The summed E-state index contributed by atoms with van der Waals surface area (Å²) in [6.45, 7) is 7.62. The first-order valence-electron chi connectivity index (χ1n) is 11.9. The molecule has 2 saturated heterocycles. The molecule has 35 heavy (non-hydrogen) atoms. The molecule has 1 aromatic heterocycles. The molecule has 1 N–H and O–H groups in total. The molecule has 0 spiro atoms. The first-order valence-corrected chi connectivity index (χ1v) is 14.3. The van der Waals surface area contributed by atoms with Gasteiger partial charge in [0.15, 0.2) is 5.17 Å². The molecule has 3 aliphatic heterocycles. The van der Waals surface area contributed by atoms with Gasteiger partial charge in [-0.05, 0) is 57.0 Å². The van der Waals surface area contributed by atoms with E-state index < -0.39 is 10.0 Å². The van der Waals surface area contributed by atoms with Gasteiger partial charge in [0.25, 0.3) is 0 Å². The van der Waals surface area contributed by atoms with Crippen LogP contribution in [0, 0.1) is 13.8 Å². The van der Waals surface area contributed by atoms with Crippen LogP contribution < -0.4 is 5.43 Å². The Bertz CT molecular complexity index is 1230. The summed E-state index contributed by atoms with van der Waals surface area (Å²) in [5.74, 6) is 0.708. The molecular formula is C24H31N5O4S2. The average molecular weight is 518 g/mol. The highest BCUT2D eigenvalue weighted by Crippen LogP contribution is 2.25. The maximum Gasteiger partial charge on any atom is 0.243 e. The number of sulfonamides is 1. The van der Waals surface area contributed by atoms with Crippen molar-refractivity contribution in [3.05, 3.63) is 47.3 Å². The first kappa shape index (κ1) is 24.5. The Kier molecular flexibility index (Phi) is 7.31. The highest BCUT2D eigenvalue weighted by Gasteiger charge is 2.26. The van der Waals surface area contributed by atoms with Crippen molar-refractivity contribution in [2.45, 2.75) is 44.2 Å². The highest BCUT2D eigenvalue weighted by atomic mass is 32.2. The van der Waals surface area contributed by atoms with Gasteiger partial charge in [-0.1, -0.05) is 11.8 Å². The molecular weight excluding hydrogens is 486 g/mol. The Hall–Kier alpha value is -2.18. The van der Waals surface area contributed by atoms with E-state index in [-0.39, 0.29) is 4.90 Å². The van der Waals surface area contributed by atoms with Crippen LogP contribution >= 0.6 is 11.8 Å². The van der Waals surface area contributed by atoms with Crippen LogP contribution in [0.3, 0.4) is 0 Å². The van der Waals surface area contributed by atoms with E-state index in [1.165, 1.54) is 15.7 Å². The largest absolute Gasteiger partial charge is 0.379 e. The molecule has 0 aliphatic carbocycles. The van der Waals surface area contributed by atoms with Crippen LogP contribution in [0.25, 0.3) is 0 Å². The number of hydrogen-bond donors (Lipinski definition) is 1. The molecule has 0 radical (unpaired) electrons. The fourth-order valence-electron chi connectivity index (χ4n) is 4.62. The predicted octanol–water partition coefficient (Wildman–Crippen LogP) is 3.03. The summed E-state index contributed by atoms with van der Waals surface area (Å²) in [6, 6.07) is 8.85. The number of hydrazone groups is 1. The summed E-state index contributed by atoms with van der Waals surface area (Å²) in [5, 5.41) is 5.28. The number of thioether (sulfide) groups is 1. The van der Waals surface area contributed by atoms with E-state index in [4.69, 9.17) is 9.47 Å². The molecule has 1 atom stereocenters. The van der Waals surface area contributed by atoms with Crippen molar-refractivity contribution in [2.24, 2.45) is 10.1 Å². The lowest BCUT2D eigenvalue weighted by molar-refractivity contribution is 0.0730. The van der Waals surface area contributed by atoms with Gasteiger partial charge in [-0.25, -0.2) is 13.4 Å². The molecule has 2 fully saturated rings. The summed E-state index contributed by atoms with van der Waals surface area (Å²) < 4.78 is 40.5. The molecule has 2 aromatic rings. The Labute approximate surface area is 210 Å². The van der Waals surface area contributed by atoms with Crippen molar-refractivity contribution in [2.75, 3.05) is 38.7 Å². The van der Waals surface area contributed by atoms with E-state index in [1.807, 2.05) is 0 Å². The van der Waals surface area contributed by atoms with Crippen molar-refractivity contribution in [1.82, 2.24) is 14.3 Å². The van der Waals surface area contributed by atoms with Crippen molar-refractivity contribution in [3.63, 3.8) is 0 Å². The van der Waals surface area contributed by atoms with E-state index in [0.29, 0.717) is 49.0 Å². The lowest BCUT2D eigenvalue weighted by atomic mass is 10.1. The second-order valence-electron chi connectivity index (χ2n) is 8.92. The number of nitrogens with zero attached hydrogens (tertiary/aromatic N) is 4. The number of amidine groups is 1. The predicted molar refractivity (Wildman–Crippen MR) is 138 cm³/mol. The van der Waals surface area contributed by atoms with Crippen LogP contribution in [0.1, 0.15) is 29.8 Å². The van der Waals surface area contributed by atoms with Crippen molar-refractivity contribution in [3.8, 4) is 0 Å². The number of aliphatic imine (C=N–C) groups is 1. The number of hydrogen-bond acceptors (Lipinski definition) is 7. The number of aromatic nitrogens is 1. The van der Waals surface area contributed by atoms with Gasteiger partial charge < -0.3 is 14.0 Å². The summed E-state index contributed by atoms with van der Waals surface area (Å²) >= 11 is 1.58. The zero-order chi connectivity index (χ0) is 24.4. The lowest BCUT2D eigenvalue weighted by Crippen LogP contribution is -2.40. The molecule has 0 unspecified atom stereocenters. The number of rotatable bonds is 6. The fourth-order valence-corrected chi connectivity index (χ4v) is 6.81. The Balaban J connectivity index is 1.26. The third-order valence-electron chi connectivity index (χ3n) is 6.60. The SMILES string of the molecule is Cc1cc(C2=NNC(=Nc3ccc(S(=O)(=O)N4CCOCC4)cc3)SC2)c(C)n1C[C@H]1CCCO1. The average Bonchev–Trinajstić information content (AvgIpc) is 3.49. The highest BCUT2D eigenvalue weighted by molar-refractivity contribution is 8.14. The standard InChI is InChI=1S/C24H31N5O4S2/c1-17-14-22(18(2)29(17)15-20-4-3-11-33-20)23-16-34-24(27-26-23)25-19-5-7-21(8-6-19)35(30,31)28-9-12-32-13-10-28/h5-8,14,20H,3-4,9-13,15-16H2,1-2H3,(H,25,27)/t20-/m1/s1. The van der Waals surface area contributed by atoms with Crippen molar-refractivity contribution >= 4 is 38.4 Å². The second kappa shape index (κ2) is 10.4. The van der Waals surface area contributed by atoms with Crippen LogP contribution in [-0.4, -0.2) is 72.9 Å². The Morgan fingerprint density at radius 1 is 1.17 bits per heavy atom. The lowest BCUT2D eigenvalue weighted by Gasteiger charge is -2.26. The maximum absolute atomic E-state index is 12.8. The maximum atomic E-state index is 12.8. The summed E-state index contributed by atoms with van der Waals surface area (Å²) in [5.41, 5.74) is 8.31. The minimum atomic E-state index is -3.51. The van der Waals surface area contributed by atoms with Crippen LogP contribution in [0.5, 0.6) is 0 Å². The van der Waals surface area contributed by atoms with Crippen molar-refractivity contribution in [1.29, 1.82) is 0 Å². The summed E-state index contributed by atoms with van der Waals surface area (Å²) in [4.78, 5) is 4.88. The molecule has 9 nitrogen and oxygen atoms in total. The van der Waals surface area contributed by atoms with E-state index in [1.54, 1.807) is 36.0 Å². The van der Waals surface area contributed by atoms with Gasteiger partial charge in [-0.15, -0.1) is 0 Å². The smallest absolute Gasteiger partial charge is 0.243 e. The van der Waals surface area contributed by atoms with Gasteiger partial charge in [0.05, 0.1) is 35.6 Å². The molecule has 0 amide bonds. The van der Waals surface area contributed by atoms with E-state index >= 15 is 0 Å². The van der Waals surface area contributed by atoms with Gasteiger partial charge in [-0.3, -0.25) is 5.43 Å². The molecule has 3 aliphatic rings. The minimum absolute atomic E-state index is 0.270. The molecule has 188 valence electrons. The summed E-state index contributed by atoms with van der Waals surface area (Å²) in [6.07, 6.45) is 2.55. The number of nitrogens with one attached hydrogen (secondary N) is 1. The van der Waals surface area contributed by atoms with Gasteiger partial charge in [0, 0.05) is 48.9 Å². The van der Waals surface area contributed by atoms with Crippen molar-refractivity contribution < 1.29 is 17.9 Å². The Morgan fingerprint density at radius 3 is 2.60 bits per heavy atom. The fraction of sp³-hybridized carbons (Fsp3) is 0.500. The van der Waals surface area contributed by atoms with Gasteiger partial charge >= 0.3 is 0 Å². The third kappa shape index (κ3) is 5.34. The molecule has 4 heterocycles. The minimum Gasteiger partial charge on any atom is -0.379 e. The van der Waals surface area contributed by atoms with Gasteiger partial charge in [-0.2, -0.15) is 9.41 Å². The zero-order valence-corrected chi connectivity index (χ0v) is 21.7. The van der Waals surface area contributed by atoms with E-state index in [0.717, 1.165) is 37.3 Å². The Morgan fingerprint density at radius 2 is 1.94 bits per heavy atom. The number of ether oxygens (including phenoxy) is 2.